The molecule has 1 saturated heterocycles. The largest absolute Gasteiger partial charge is 0.365 e. The maximum Gasteiger partial charge on any atom is 0.264 e. The van der Waals surface area contributed by atoms with Gasteiger partial charge < -0.3 is 16.0 Å². The van der Waals surface area contributed by atoms with Crippen LogP contribution in [0.15, 0.2) is 23.7 Å². The molecule has 9 heteroatoms. The van der Waals surface area contributed by atoms with Gasteiger partial charge in [-0.1, -0.05) is 17.4 Å². The number of amides is 3. The van der Waals surface area contributed by atoms with Gasteiger partial charge in [-0.3, -0.25) is 14.4 Å². The SMILES string of the molecule is NC(=O)c1cnc(NC(=O)C2CCCCN2C(=O)c2cccs2)s1. The number of nitrogens with one attached hydrogen (secondary N) is 1. The van der Waals surface area contributed by atoms with Crippen LogP contribution < -0.4 is 11.1 Å². The molecule has 0 spiro atoms. The number of primary amides is 1. The van der Waals surface area contributed by atoms with Crippen molar-refractivity contribution in [2.45, 2.75) is 25.3 Å². The van der Waals surface area contributed by atoms with Crippen LogP contribution in [0.4, 0.5) is 5.13 Å². The lowest BCUT2D eigenvalue weighted by atomic mass is 10.0. The summed E-state index contributed by atoms with van der Waals surface area (Å²) in [5, 5.41) is 4.84. The van der Waals surface area contributed by atoms with Crippen molar-refractivity contribution in [1.29, 1.82) is 0 Å². The second-order valence-corrected chi connectivity index (χ2v) is 7.35. The molecule has 24 heavy (non-hydrogen) atoms. The maximum atomic E-state index is 12.6. The fourth-order valence-corrected chi connectivity index (χ4v) is 3.97. The highest BCUT2D eigenvalue weighted by molar-refractivity contribution is 7.17. The third kappa shape index (κ3) is 3.46. The summed E-state index contributed by atoms with van der Waals surface area (Å²) in [6.45, 7) is 0.555. The second kappa shape index (κ2) is 7.10. The van der Waals surface area contributed by atoms with Crippen molar-refractivity contribution in [2.24, 2.45) is 5.73 Å². The number of rotatable bonds is 4. The van der Waals surface area contributed by atoms with Gasteiger partial charge in [-0.15, -0.1) is 11.3 Å². The van der Waals surface area contributed by atoms with Gasteiger partial charge in [-0.25, -0.2) is 4.98 Å². The third-order valence-electron chi connectivity index (χ3n) is 3.78. The van der Waals surface area contributed by atoms with Gasteiger partial charge >= 0.3 is 0 Å². The minimum Gasteiger partial charge on any atom is -0.365 e. The monoisotopic (exact) mass is 364 g/mol. The maximum absolute atomic E-state index is 12.6. The number of anilines is 1. The molecule has 1 unspecified atom stereocenters. The average molecular weight is 364 g/mol. The Morgan fingerprint density at radius 2 is 2.12 bits per heavy atom. The van der Waals surface area contributed by atoms with E-state index in [-0.39, 0.29) is 16.7 Å². The number of aromatic nitrogens is 1. The molecule has 0 aliphatic carbocycles. The zero-order valence-corrected chi connectivity index (χ0v) is 14.4. The average Bonchev–Trinajstić information content (AvgIpc) is 3.26. The topological polar surface area (TPSA) is 105 Å². The van der Waals surface area contributed by atoms with Crippen molar-refractivity contribution >= 4 is 45.5 Å². The molecule has 1 aliphatic heterocycles. The molecular formula is C15H16N4O3S2. The Morgan fingerprint density at radius 1 is 1.29 bits per heavy atom. The molecule has 3 amide bonds. The number of hydrogen-bond acceptors (Lipinski definition) is 6. The lowest BCUT2D eigenvalue weighted by Gasteiger charge is -2.34. The van der Waals surface area contributed by atoms with Gasteiger partial charge in [-0.05, 0) is 30.7 Å². The first-order valence-electron chi connectivity index (χ1n) is 7.47. The van der Waals surface area contributed by atoms with Gasteiger partial charge in [0.2, 0.25) is 5.91 Å². The van der Waals surface area contributed by atoms with E-state index in [1.54, 1.807) is 11.0 Å². The Balaban J connectivity index is 1.73. The molecular weight excluding hydrogens is 348 g/mol. The highest BCUT2D eigenvalue weighted by Crippen LogP contribution is 2.24. The van der Waals surface area contributed by atoms with Crippen LogP contribution >= 0.6 is 22.7 Å². The van der Waals surface area contributed by atoms with Gasteiger partial charge in [0.1, 0.15) is 10.9 Å². The van der Waals surface area contributed by atoms with Crippen molar-refractivity contribution in [3.05, 3.63) is 33.5 Å². The lowest BCUT2D eigenvalue weighted by Crippen LogP contribution is -2.49. The molecule has 3 N–H and O–H groups in total. The van der Waals surface area contributed by atoms with Crippen molar-refractivity contribution in [2.75, 3.05) is 11.9 Å². The van der Waals surface area contributed by atoms with Crippen molar-refractivity contribution in [3.63, 3.8) is 0 Å². The van der Waals surface area contributed by atoms with Gasteiger partial charge in [0.25, 0.3) is 11.8 Å². The molecule has 0 saturated carbocycles. The molecule has 2 aromatic heterocycles. The van der Waals surface area contributed by atoms with E-state index in [0.29, 0.717) is 23.0 Å². The van der Waals surface area contributed by atoms with Gasteiger partial charge in [-0.2, -0.15) is 0 Å². The van der Waals surface area contributed by atoms with E-state index >= 15 is 0 Å². The van der Waals surface area contributed by atoms with Crippen molar-refractivity contribution in [1.82, 2.24) is 9.88 Å². The molecule has 3 heterocycles. The summed E-state index contributed by atoms with van der Waals surface area (Å²) >= 11 is 2.39. The van der Waals surface area contributed by atoms with Crippen LogP contribution in [-0.2, 0) is 4.79 Å². The van der Waals surface area contributed by atoms with Gasteiger partial charge in [0.05, 0.1) is 11.1 Å². The van der Waals surface area contributed by atoms with E-state index in [1.165, 1.54) is 17.5 Å². The molecule has 0 aromatic carbocycles. The molecule has 7 nitrogen and oxygen atoms in total. The second-order valence-electron chi connectivity index (χ2n) is 5.37. The number of nitrogens with two attached hydrogens (primary N) is 1. The van der Waals surface area contributed by atoms with E-state index in [9.17, 15) is 14.4 Å². The predicted octanol–water partition coefficient (Wildman–Crippen LogP) is 1.94. The standard InChI is InChI=1S/C15H16N4O3S2/c16-12(20)11-8-17-15(24-11)18-13(21)9-4-1-2-6-19(9)14(22)10-5-3-7-23-10/h3,5,7-9H,1-2,4,6H2,(H2,16,20)(H,17,18,21). The minimum atomic E-state index is -0.583. The first-order chi connectivity index (χ1) is 11.6. The Morgan fingerprint density at radius 3 is 2.79 bits per heavy atom. The van der Waals surface area contributed by atoms with Gasteiger partial charge in [0.15, 0.2) is 5.13 Å². The van der Waals surface area contributed by atoms with Crippen LogP contribution in [-0.4, -0.2) is 40.2 Å². The highest BCUT2D eigenvalue weighted by atomic mass is 32.1. The van der Waals surface area contributed by atoms with Crippen LogP contribution in [0.25, 0.3) is 0 Å². The van der Waals surface area contributed by atoms with Crippen LogP contribution in [0, 0.1) is 0 Å². The summed E-state index contributed by atoms with van der Waals surface area (Å²) in [6.07, 6.45) is 3.70. The number of piperidine rings is 1. The lowest BCUT2D eigenvalue weighted by molar-refractivity contribution is -0.121. The summed E-state index contributed by atoms with van der Waals surface area (Å²) in [7, 11) is 0. The molecule has 1 atom stereocenters. The number of carbonyl (C=O) groups excluding carboxylic acids is 3. The molecule has 2 aromatic rings. The molecule has 126 valence electrons. The molecule has 0 radical (unpaired) electrons. The molecule has 1 aliphatic rings. The van der Waals surface area contributed by atoms with Gasteiger partial charge in [0, 0.05) is 6.54 Å². The summed E-state index contributed by atoms with van der Waals surface area (Å²) in [5.74, 6) is -0.994. The van der Waals surface area contributed by atoms with Crippen LogP contribution in [0.2, 0.25) is 0 Å². The zero-order valence-electron chi connectivity index (χ0n) is 12.7. The normalized spacial score (nSPS) is 17.5. The number of hydrogen-bond donors (Lipinski definition) is 2. The number of likely N-dealkylation sites (tertiary alicyclic amines) is 1. The van der Waals surface area contributed by atoms with Crippen molar-refractivity contribution < 1.29 is 14.4 Å². The quantitative estimate of drug-likeness (QED) is 0.865. The Bertz CT molecular complexity index is 757. The van der Waals surface area contributed by atoms with E-state index < -0.39 is 11.9 Å². The minimum absolute atomic E-state index is 0.123. The molecule has 3 rings (SSSR count). The van der Waals surface area contributed by atoms with E-state index in [4.69, 9.17) is 5.73 Å². The van der Waals surface area contributed by atoms with Crippen LogP contribution in [0.1, 0.15) is 38.6 Å². The van der Waals surface area contributed by atoms with E-state index in [0.717, 1.165) is 24.2 Å². The van der Waals surface area contributed by atoms with Crippen molar-refractivity contribution in [3.8, 4) is 0 Å². The summed E-state index contributed by atoms with van der Waals surface area (Å²) in [5.41, 5.74) is 5.18. The Kier molecular flexibility index (Phi) is 4.91. The number of nitrogens with zero attached hydrogens (tertiary/aromatic N) is 2. The predicted molar refractivity (Wildman–Crippen MR) is 92.3 cm³/mol. The molecule has 0 bridgehead atoms. The number of thiophene rings is 1. The number of carbonyl (C=O) groups is 3. The fraction of sp³-hybridized carbons (Fsp3) is 0.333. The van der Waals surface area contributed by atoms with E-state index in [1.807, 2.05) is 11.4 Å². The smallest absolute Gasteiger partial charge is 0.264 e. The highest BCUT2D eigenvalue weighted by Gasteiger charge is 2.33. The Hall–Kier alpha value is -2.26. The fourth-order valence-electron chi connectivity index (χ4n) is 2.62. The first kappa shape index (κ1) is 16.6. The first-order valence-corrected chi connectivity index (χ1v) is 9.17. The summed E-state index contributed by atoms with van der Waals surface area (Å²) < 4.78 is 0. The zero-order chi connectivity index (χ0) is 17.1. The summed E-state index contributed by atoms with van der Waals surface area (Å²) in [4.78, 5) is 42.8. The van der Waals surface area contributed by atoms with Crippen LogP contribution in [0.5, 0.6) is 0 Å². The van der Waals surface area contributed by atoms with E-state index in [2.05, 4.69) is 10.3 Å². The number of thiazole rings is 1. The summed E-state index contributed by atoms with van der Waals surface area (Å²) in [6, 6.07) is 3.04. The third-order valence-corrected chi connectivity index (χ3v) is 5.56. The Labute approximate surface area is 146 Å². The molecule has 1 fully saturated rings. The van der Waals surface area contributed by atoms with Crippen LogP contribution in [0.3, 0.4) is 0 Å².